The van der Waals surface area contributed by atoms with Crippen LogP contribution in [0, 0.1) is 5.92 Å². The average Bonchev–Trinajstić information content (AvgIpc) is 2.86. The van der Waals surface area contributed by atoms with Crippen molar-refractivity contribution in [1.82, 2.24) is 4.90 Å². The number of nitrogens with zero attached hydrogens (tertiary/aromatic N) is 1. The normalized spacial score (nSPS) is 14.6. The number of carbonyl (C=O) groups excluding carboxylic acids is 2. The van der Waals surface area contributed by atoms with Crippen molar-refractivity contribution in [3.05, 3.63) is 72.3 Å². The standard InChI is InChI=1S/C27H33N3O4/c1-3-18-34-24-10-6-21(19-25(24)33-2)7-11-26(31)29-23-8-4-20(5-9-23)12-15-30-16-13-22(14-17-30)27(28)32/h3-11,19,22H,1,12-18H2,2H3,(H2,28,32)(H,29,31)/b11-7+. The topological polar surface area (TPSA) is 93.9 Å². The van der Waals surface area contributed by atoms with Crippen LogP contribution in [0.1, 0.15) is 24.0 Å². The molecule has 3 N–H and O–H groups in total. The Morgan fingerprint density at radius 1 is 1.15 bits per heavy atom. The Bertz CT molecular complexity index is 1010. The van der Waals surface area contributed by atoms with E-state index in [1.54, 1.807) is 25.3 Å². The Hall–Kier alpha value is -3.58. The molecule has 1 heterocycles. The number of hydrogen-bond acceptors (Lipinski definition) is 5. The SMILES string of the molecule is C=CCOc1ccc(/C=C/C(=O)Nc2ccc(CCN3CCC(C(N)=O)CC3)cc2)cc1OC. The number of amides is 2. The van der Waals surface area contributed by atoms with Gasteiger partial charge in [0.05, 0.1) is 7.11 Å². The molecule has 180 valence electrons. The van der Waals surface area contributed by atoms with Crippen molar-refractivity contribution in [2.24, 2.45) is 11.7 Å². The molecule has 0 radical (unpaired) electrons. The van der Waals surface area contributed by atoms with Crippen LogP contribution in [0.25, 0.3) is 6.08 Å². The van der Waals surface area contributed by atoms with E-state index in [-0.39, 0.29) is 17.7 Å². The van der Waals surface area contributed by atoms with Gasteiger partial charge in [0.2, 0.25) is 11.8 Å². The van der Waals surface area contributed by atoms with Gasteiger partial charge in [-0.25, -0.2) is 0 Å². The zero-order valence-electron chi connectivity index (χ0n) is 19.7. The monoisotopic (exact) mass is 463 g/mol. The van der Waals surface area contributed by atoms with Crippen molar-refractivity contribution < 1.29 is 19.1 Å². The molecule has 0 atom stereocenters. The predicted molar refractivity (Wildman–Crippen MR) is 135 cm³/mol. The minimum absolute atomic E-state index is 0.0194. The fourth-order valence-corrected chi connectivity index (χ4v) is 3.89. The number of anilines is 1. The molecule has 0 unspecified atom stereocenters. The number of ether oxygens (including phenoxy) is 2. The molecule has 34 heavy (non-hydrogen) atoms. The van der Waals surface area contributed by atoms with Crippen LogP contribution in [0.5, 0.6) is 11.5 Å². The Balaban J connectivity index is 1.47. The Morgan fingerprint density at radius 2 is 1.88 bits per heavy atom. The molecule has 0 saturated carbocycles. The smallest absolute Gasteiger partial charge is 0.248 e. The molecule has 1 aliphatic rings. The Labute approximate surface area is 201 Å². The first-order valence-electron chi connectivity index (χ1n) is 11.5. The van der Waals surface area contributed by atoms with E-state index in [0.717, 1.165) is 50.1 Å². The number of likely N-dealkylation sites (tertiary alicyclic amines) is 1. The third-order valence-electron chi connectivity index (χ3n) is 5.90. The highest BCUT2D eigenvalue weighted by molar-refractivity contribution is 6.01. The summed E-state index contributed by atoms with van der Waals surface area (Å²) >= 11 is 0. The third-order valence-corrected chi connectivity index (χ3v) is 5.90. The number of carbonyl (C=O) groups is 2. The van der Waals surface area contributed by atoms with Gasteiger partial charge in [-0.05, 0) is 73.8 Å². The molecule has 2 amide bonds. The number of primary amides is 1. The summed E-state index contributed by atoms with van der Waals surface area (Å²) in [5.41, 5.74) is 8.18. The van der Waals surface area contributed by atoms with E-state index >= 15 is 0 Å². The van der Waals surface area contributed by atoms with E-state index in [1.165, 1.54) is 11.6 Å². The van der Waals surface area contributed by atoms with Gasteiger partial charge in [-0.15, -0.1) is 0 Å². The minimum atomic E-state index is -0.212. The van der Waals surface area contributed by atoms with Crippen molar-refractivity contribution in [1.29, 1.82) is 0 Å². The molecular weight excluding hydrogens is 430 g/mol. The number of rotatable bonds is 11. The first-order valence-corrected chi connectivity index (χ1v) is 11.5. The van der Waals surface area contributed by atoms with Gasteiger partial charge >= 0.3 is 0 Å². The highest BCUT2D eigenvalue weighted by Crippen LogP contribution is 2.28. The number of methoxy groups -OCH3 is 1. The summed E-state index contributed by atoms with van der Waals surface area (Å²) in [5.74, 6) is 0.844. The Kier molecular flexibility index (Phi) is 9.29. The van der Waals surface area contributed by atoms with Gasteiger partial charge in [0.25, 0.3) is 0 Å². The van der Waals surface area contributed by atoms with Gasteiger partial charge in [-0.3, -0.25) is 9.59 Å². The predicted octanol–water partition coefficient (Wildman–Crippen LogP) is 3.65. The van der Waals surface area contributed by atoms with Crippen LogP contribution < -0.4 is 20.5 Å². The van der Waals surface area contributed by atoms with Gasteiger partial charge < -0.3 is 25.4 Å². The lowest BCUT2D eigenvalue weighted by atomic mass is 9.96. The fourth-order valence-electron chi connectivity index (χ4n) is 3.89. The molecule has 0 aromatic heterocycles. The van der Waals surface area contributed by atoms with Crippen molar-refractivity contribution in [3.63, 3.8) is 0 Å². The zero-order chi connectivity index (χ0) is 24.3. The third kappa shape index (κ3) is 7.49. The molecule has 1 aliphatic heterocycles. The van der Waals surface area contributed by atoms with E-state index in [0.29, 0.717) is 18.1 Å². The van der Waals surface area contributed by atoms with Crippen molar-refractivity contribution in [2.45, 2.75) is 19.3 Å². The van der Waals surface area contributed by atoms with Crippen LogP contribution in [0.3, 0.4) is 0 Å². The molecule has 3 rings (SSSR count). The lowest BCUT2D eigenvalue weighted by Crippen LogP contribution is -2.39. The van der Waals surface area contributed by atoms with Crippen LogP contribution >= 0.6 is 0 Å². The molecule has 2 aromatic carbocycles. The summed E-state index contributed by atoms with van der Waals surface area (Å²) in [6.07, 6.45) is 7.49. The largest absolute Gasteiger partial charge is 0.493 e. The number of nitrogens with two attached hydrogens (primary N) is 1. The lowest BCUT2D eigenvalue weighted by Gasteiger charge is -2.30. The number of nitrogens with one attached hydrogen (secondary N) is 1. The highest BCUT2D eigenvalue weighted by Gasteiger charge is 2.22. The quantitative estimate of drug-likeness (QED) is 0.392. The lowest BCUT2D eigenvalue weighted by molar-refractivity contribution is -0.123. The summed E-state index contributed by atoms with van der Waals surface area (Å²) in [6, 6.07) is 13.4. The first kappa shape index (κ1) is 25.1. The molecule has 2 aromatic rings. The summed E-state index contributed by atoms with van der Waals surface area (Å²) in [7, 11) is 1.58. The molecule has 1 saturated heterocycles. The molecule has 0 aliphatic carbocycles. The van der Waals surface area contributed by atoms with Gasteiger partial charge in [0.1, 0.15) is 6.61 Å². The molecule has 7 heteroatoms. The van der Waals surface area contributed by atoms with E-state index in [4.69, 9.17) is 15.2 Å². The van der Waals surface area contributed by atoms with Gasteiger partial charge in [-0.1, -0.05) is 30.9 Å². The molecule has 1 fully saturated rings. The maximum atomic E-state index is 12.3. The minimum Gasteiger partial charge on any atom is -0.493 e. The summed E-state index contributed by atoms with van der Waals surface area (Å²) in [4.78, 5) is 26.0. The van der Waals surface area contributed by atoms with Crippen LogP contribution in [-0.2, 0) is 16.0 Å². The second kappa shape index (κ2) is 12.6. The zero-order valence-corrected chi connectivity index (χ0v) is 19.7. The van der Waals surface area contributed by atoms with E-state index < -0.39 is 0 Å². The van der Waals surface area contributed by atoms with Crippen LogP contribution in [0.2, 0.25) is 0 Å². The van der Waals surface area contributed by atoms with E-state index in [2.05, 4.69) is 16.8 Å². The number of hydrogen-bond donors (Lipinski definition) is 2. The number of piperidine rings is 1. The number of benzene rings is 2. The first-order chi connectivity index (χ1) is 16.5. The van der Waals surface area contributed by atoms with E-state index in [1.807, 2.05) is 36.4 Å². The molecular formula is C27H33N3O4. The van der Waals surface area contributed by atoms with Gasteiger partial charge in [-0.2, -0.15) is 0 Å². The summed E-state index contributed by atoms with van der Waals surface area (Å²) < 4.78 is 10.9. The molecule has 0 bridgehead atoms. The van der Waals surface area contributed by atoms with Crippen molar-refractivity contribution >= 4 is 23.6 Å². The van der Waals surface area contributed by atoms with Gasteiger partial charge in [0, 0.05) is 24.2 Å². The van der Waals surface area contributed by atoms with Crippen LogP contribution in [0.4, 0.5) is 5.69 Å². The average molecular weight is 464 g/mol. The highest BCUT2D eigenvalue weighted by atomic mass is 16.5. The fraction of sp³-hybridized carbons (Fsp3) is 0.333. The van der Waals surface area contributed by atoms with Crippen molar-refractivity contribution in [2.75, 3.05) is 38.7 Å². The second-order valence-corrected chi connectivity index (χ2v) is 8.30. The second-order valence-electron chi connectivity index (χ2n) is 8.30. The van der Waals surface area contributed by atoms with Crippen LogP contribution in [-0.4, -0.2) is 50.1 Å². The summed E-state index contributed by atoms with van der Waals surface area (Å²) in [5, 5.41) is 2.88. The van der Waals surface area contributed by atoms with E-state index in [9.17, 15) is 9.59 Å². The van der Waals surface area contributed by atoms with Crippen LogP contribution in [0.15, 0.2) is 61.2 Å². The maximum Gasteiger partial charge on any atom is 0.248 e. The van der Waals surface area contributed by atoms with Crippen molar-refractivity contribution in [3.8, 4) is 11.5 Å². The van der Waals surface area contributed by atoms with Gasteiger partial charge in [0.15, 0.2) is 11.5 Å². The maximum absolute atomic E-state index is 12.3. The Morgan fingerprint density at radius 3 is 2.53 bits per heavy atom. The summed E-state index contributed by atoms with van der Waals surface area (Å²) in [6.45, 7) is 6.79. The molecule has 7 nitrogen and oxygen atoms in total. The molecule has 0 spiro atoms.